The molecule has 0 saturated heterocycles. The number of alkyl halides is 2. The van der Waals surface area contributed by atoms with E-state index in [1.54, 1.807) is 13.8 Å². The van der Waals surface area contributed by atoms with Gasteiger partial charge in [-0.05, 0) is 12.8 Å². The molecule has 0 unspecified atom stereocenters. The summed E-state index contributed by atoms with van der Waals surface area (Å²) < 4.78 is 37.4. The zero-order valence-electron chi connectivity index (χ0n) is 12.5. The fraction of sp³-hybridized carbons (Fsp3) is 0.538. The molecule has 0 bridgehead atoms. The molecule has 0 amide bonds. The highest BCUT2D eigenvalue weighted by molar-refractivity contribution is 7.51. The first-order valence-corrected chi connectivity index (χ1v) is 8.33. The number of hydrogen-bond donors (Lipinski definition) is 2. The van der Waals surface area contributed by atoms with Crippen LogP contribution < -0.4 is 9.79 Å². The fourth-order valence-electron chi connectivity index (χ4n) is 2.17. The van der Waals surface area contributed by atoms with Gasteiger partial charge < -0.3 is 24.6 Å². The summed E-state index contributed by atoms with van der Waals surface area (Å²) in [5.41, 5.74) is -6.68. The van der Waals surface area contributed by atoms with Crippen molar-refractivity contribution in [3.63, 3.8) is 0 Å². The molecule has 0 aliphatic rings. The molecule has 1 aromatic rings. The first-order chi connectivity index (χ1) is 10.5. The second-order valence-corrected chi connectivity index (χ2v) is 6.48. The summed E-state index contributed by atoms with van der Waals surface area (Å²) in [4.78, 5) is 36.6. The molecule has 0 saturated carbocycles. The second-order valence-electron chi connectivity index (χ2n) is 4.92. The van der Waals surface area contributed by atoms with Crippen LogP contribution >= 0.6 is 7.60 Å². The van der Waals surface area contributed by atoms with E-state index in [0.717, 1.165) is 0 Å². The van der Waals surface area contributed by atoms with Crippen molar-refractivity contribution in [2.24, 2.45) is 0 Å². The Balaban J connectivity index is 3.49. The average Bonchev–Trinajstić information content (AvgIpc) is 2.47. The van der Waals surface area contributed by atoms with Crippen molar-refractivity contribution < 1.29 is 38.1 Å². The topological polar surface area (TPSA) is 134 Å². The van der Waals surface area contributed by atoms with Gasteiger partial charge in [-0.2, -0.15) is 8.78 Å². The van der Waals surface area contributed by atoms with Crippen LogP contribution in [-0.4, -0.2) is 26.6 Å². The van der Waals surface area contributed by atoms with Crippen LogP contribution in [0.4, 0.5) is 8.78 Å². The number of pyridine rings is 1. The highest BCUT2D eigenvalue weighted by Gasteiger charge is 2.44. The number of aliphatic hydroxyl groups excluding tert-OH is 1. The molecule has 1 heterocycles. The minimum Gasteiger partial charge on any atom is -0.806 e. The molecule has 0 aromatic carbocycles. The summed E-state index contributed by atoms with van der Waals surface area (Å²) in [5, 5.41) is 19.3. The minimum absolute atomic E-state index is 0.103. The zero-order valence-corrected chi connectivity index (χ0v) is 13.3. The Morgan fingerprint density at radius 2 is 1.91 bits per heavy atom. The van der Waals surface area contributed by atoms with Crippen LogP contribution in [0.2, 0.25) is 0 Å². The normalized spacial score (nSPS) is 12.7. The lowest BCUT2D eigenvalue weighted by Crippen LogP contribution is -2.39. The van der Waals surface area contributed by atoms with E-state index >= 15 is 0 Å². The summed E-state index contributed by atoms with van der Waals surface area (Å²) in [5.74, 6) is -3.22. The van der Waals surface area contributed by atoms with Gasteiger partial charge in [0, 0.05) is 25.3 Å². The molecule has 1 rings (SSSR count). The van der Waals surface area contributed by atoms with Crippen molar-refractivity contribution in [2.45, 2.75) is 44.9 Å². The predicted octanol–water partition coefficient (Wildman–Crippen LogP) is 0.872. The van der Waals surface area contributed by atoms with Crippen LogP contribution in [0.15, 0.2) is 6.20 Å². The Kier molecular flexibility index (Phi) is 5.98. The maximum absolute atomic E-state index is 13.4. The summed E-state index contributed by atoms with van der Waals surface area (Å²) in [7, 11) is -6.55. The lowest BCUT2D eigenvalue weighted by Gasteiger charge is -2.36. The van der Waals surface area contributed by atoms with Gasteiger partial charge in [0.1, 0.15) is 5.75 Å². The molecular formula is C13H16F2NO6P-2. The molecule has 7 nitrogen and oxygen atoms in total. The highest BCUT2D eigenvalue weighted by atomic mass is 31.2. The van der Waals surface area contributed by atoms with Crippen molar-refractivity contribution in [1.82, 2.24) is 4.98 Å². The molecule has 0 radical (unpaired) electrons. The van der Waals surface area contributed by atoms with Crippen molar-refractivity contribution in [3.05, 3.63) is 23.0 Å². The van der Waals surface area contributed by atoms with Gasteiger partial charge in [-0.1, -0.05) is 13.8 Å². The number of aliphatic hydroxyl groups is 1. The number of halogens is 2. The summed E-state index contributed by atoms with van der Waals surface area (Å²) in [6, 6.07) is 0. The first kappa shape index (κ1) is 19.6. The third-order valence-corrected chi connectivity index (χ3v) is 4.47. The summed E-state index contributed by atoms with van der Waals surface area (Å²) in [6.45, 7) is 2.60. The number of aromatic hydroxyl groups is 1. The number of hydrogen-bond acceptors (Lipinski definition) is 7. The van der Waals surface area contributed by atoms with E-state index in [2.05, 4.69) is 4.98 Å². The van der Waals surface area contributed by atoms with Crippen LogP contribution in [-0.2, 0) is 11.2 Å². The Bertz CT molecular complexity index is 642. The van der Waals surface area contributed by atoms with E-state index in [0.29, 0.717) is 19.0 Å². The van der Waals surface area contributed by atoms with Gasteiger partial charge in [0.15, 0.2) is 0 Å². The largest absolute Gasteiger partial charge is 0.806 e. The number of carbonyl (C=O) groups is 1. The quantitative estimate of drug-likeness (QED) is 0.550. The standard InChI is InChI=1S/C13H18F2NO6P/c1-3-7(4-2)10-11(18)9(6-17)8(5-16-10)12(19)13(14,15)23(20,21)22/h5,7,17-18H,3-4,6H2,1-2H3,(H2,20,21,22)/p-2. The third-order valence-electron chi connectivity index (χ3n) is 3.58. The van der Waals surface area contributed by atoms with Gasteiger partial charge in [0.05, 0.1) is 17.9 Å². The van der Waals surface area contributed by atoms with Gasteiger partial charge in [-0.3, -0.25) is 9.78 Å². The zero-order chi connectivity index (χ0) is 18.0. The number of aromatic nitrogens is 1. The number of rotatable bonds is 7. The van der Waals surface area contributed by atoms with Crippen LogP contribution in [0.1, 0.15) is 54.2 Å². The minimum atomic E-state index is -6.55. The van der Waals surface area contributed by atoms with Crippen molar-refractivity contribution in [3.8, 4) is 5.75 Å². The van der Waals surface area contributed by atoms with Crippen LogP contribution in [0, 0.1) is 0 Å². The van der Waals surface area contributed by atoms with Crippen LogP contribution in [0.5, 0.6) is 5.75 Å². The fourth-order valence-corrected chi connectivity index (χ4v) is 2.54. The molecule has 0 aliphatic heterocycles. The van der Waals surface area contributed by atoms with Crippen molar-refractivity contribution in [2.75, 3.05) is 0 Å². The molecule has 0 aliphatic carbocycles. The molecule has 2 N–H and O–H groups in total. The Hall–Kier alpha value is -1.41. The van der Waals surface area contributed by atoms with E-state index in [-0.39, 0.29) is 11.6 Å². The maximum Gasteiger partial charge on any atom is 0.333 e. The van der Waals surface area contributed by atoms with Crippen LogP contribution in [0.3, 0.4) is 0 Å². The molecular weight excluding hydrogens is 335 g/mol. The molecule has 130 valence electrons. The monoisotopic (exact) mass is 351 g/mol. The molecule has 0 spiro atoms. The first-order valence-electron chi connectivity index (χ1n) is 6.79. The smallest absolute Gasteiger partial charge is 0.333 e. The van der Waals surface area contributed by atoms with Gasteiger partial charge in [-0.15, -0.1) is 0 Å². The average molecular weight is 351 g/mol. The van der Waals surface area contributed by atoms with Gasteiger partial charge in [0.25, 0.3) is 0 Å². The summed E-state index contributed by atoms with van der Waals surface area (Å²) >= 11 is 0. The lowest BCUT2D eigenvalue weighted by atomic mass is 9.94. The summed E-state index contributed by atoms with van der Waals surface area (Å²) in [6.07, 6.45) is 1.76. The van der Waals surface area contributed by atoms with Gasteiger partial charge in [0.2, 0.25) is 5.78 Å². The van der Waals surface area contributed by atoms with E-state index in [9.17, 15) is 38.1 Å². The molecule has 10 heteroatoms. The molecule has 1 aromatic heterocycles. The van der Waals surface area contributed by atoms with E-state index in [1.807, 2.05) is 0 Å². The number of Topliss-reactive ketones (excluding diaryl/α,β-unsaturated/α-hetero) is 1. The second kappa shape index (κ2) is 7.00. The van der Waals surface area contributed by atoms with E-state index in [1.165, 1.54) is 0 Å². The molecule has 0 atom stereocenters. The van der Waals surface area contributed by atoms with Gasteiger partial charge in [-0.25, -0.2) is 0 Å². The Morgan fingerprint density at radius 1 is 1.39 bits per heavy atom. The lowest BCUT2D eigenvalue weighted by molar-refractivity contribution is -0.329. The number of nitrogens with zero attached hydrogens (tertiary/aromatic N) is 1. The third kappa shape index (κ3) is 3.58. The van der Waals surface area contributed by atoms with Crippen LogP contribution in [0.25, 0.3) is 0 Å². The maximum atomic E-state index is 13.4. The Labute approximate surface area is 131 Å². The van der Waals surface area contributed by atoms with E-state index in [4.69, 9.17) is 0 Å². The van der Waals surface area contributed by atoms with Crippen molar-refractivity contribution in [1.29, 1.82) is 0 Å². The predicted molar refractivity (Wildman–Crippen MR) is 72.0 cm³/mol. The number of carbonyl (C=O) groups excluding carboxylic acids is 1. The molecule has 23 heavy (non-hydrogen) atoms. The van der Waals surface area contributed by atoms with Gasteiger partial charge >= 0.3 is 5.66 Å². The molecule has 0 fully saturated rings. The Morgan fingerprint density at radius 3 is 2.30 bits per heavy atom. The number of ketones is 1. The van der Waals surface area contributed by atoms with Crippen molar-refractivity contribution >= 4 is 13.4 Å². The van der Waals surface area contributed by atoms with E-state index < -0.39 is 42.5 Å². The highest BCUT2D eigenvalue weighted by Crippen LogP contribution is 2.48. The SMILES string of the molecule is CCC(CC)c1ncc(C(=O)C(F)(F)P(=O)([O-])[O-])c(CO)c1O.